The van der Waals surface area contributed by atoms with Crippen molar-refractivity contribution in [1.82, 2.24) is 0 Å². The SMILES string of the molecule is O=C(OCCO)C1=CCC(CCC[C@@H]2[C@@H](/C=C/[C@@H](O)CCc3ccccc3)[C@H](O)C[C@@H]2O)S1. The Bertz CT molecular complexity index is 795. The molecule has 182 valence electrons. The first-order chi connectivity index (χ1) is 16.0. The maximum absolute atomic E-state index is 11.9. The molecule has 0 amide bonds. The summed E-state index contributed by atoms with van der Waals surface area (Å²) in [6, 6.07) is 10.0. The van der Waals surface area contributed by atoms with E-state index in [4.69, 9.17) is 9.84 Å². The molecular weight excluding hydrogens is 440 g/mol. The van der Waals surface area contributed by atoms with E-state index >= 15 is 0 Å². The van der Waals surface area contributed by atoms with Crippen LogP contribution in [-0.2, 0) is 16.0 Å². The van der Waals surface area contributed by atoms with Gasteiger partial charge < -0.3 is 25.2 Å². The van der Waals surface area contributed by atoms with Crippen molar-refractivity contribution in [3.8, 4) is 0 Å². The number of carbonyl (C=O) groups is 1. The van der Waals surface area contributed by atoms with Crippen LogP contribution in [-0.4, -0.2) is 63.2 Å². The lowest BCUT2D eigenvalue weighted by Gasteiger charge is -2.22. The average Bonchev–Trinajstić information content (AvgIpc) is 3.39. The van der Waals surface area contributed by atoms with Gasteiger partial charge in [0.25, 0.3) is 0 Å². The molecule has 7 heteroatoms. The minimum absolute atomic E-state index is 0.0130. The van der Waals surface area contributed by atoms with Gasteiger partial charge in [-0.15, -0.1) is 11.8 Å². The van der Waals surface area contributed by atoms with E-state index in [2.05, 4.69) is 0 Å². The van der Waals surface area contributed by atoms with E-state index in [9.17, 15) is 20.1 Å². The molecule has 1 aliphatic heterocycles. The summed E-state index contributed by atoms with van der Waals surface area (Å²) in [5, 5.41) is 40.4. The highest BCUT2D eigenvalue weighted by atomic mass is 32.2. The molecule has 0 saturated heterocycles. The largest absolute Gasteiger partial charge is 0.459 e. The van der Waals surface area contributed by atoms with Crippen molar-refractivity contribution < 1.29 is 30.0 Å². The highest BCUT2D eigenvalue weighted by Gasteiger charge is 2.40. The molecule has 1 aromatic rings. The van der Waals surface area contributed by atoms with Gasteiger partial charge in [-0.25, -0.2) is 4.79 Å². The fraction of sp³-hybridized carbons (Fsp3) is 0.577. The number of esters is 1. The second-order valence-electron chi connectivity index (χ2n) is 8.92. The predicted octanol–water partition coefficient (Wildman–Crippen LogP) is 2.99. The van der Waals surface area contributed by atoms with Crippen molar-refractivity contribution >= 4 is 17.7 Å². The molecule has 1 fully saturated rings. The molecule has 3 rings (SSSR count). The lowest BCUT2D eigenvalue weighted by atomic mass is 9.87. The number of rotatable bonds is 12. The first-order valence-electron chi connectivity index (χ1n) is 11.9. The zero-order chi connectivity index (χ0) is 23.6. The average molecular weight is 477 g/mol. The fourth-order valence-electron chi connectivity index (χ4n) is 4.70. The second-order valence-corrected chi connectivity index (χ2v) is 10.3. The number of aliphatic hydroxyl groups is 4. The fourth-order valence-corrected chi connectivity index (χ4v) is 5.89. The lowest BCUT2D eigenvalue weighted by Crippen LogP contribution is -2.21. The number of aryl methyl sites for hydroxylation is 1. The minimum atomic E-state index is -0.599. The first kappa shape index (κ1) is 26.0. The molecule has 1 heterocycles. The molecular formula is C26H36O6S. The van der Waals surface area contributed by atoms with Gasteiger partial charge in [-0.3, -0.25) is 0 Å². The van der Waals surface area contributed by atoms with Gasteiger partial charge >= 0.3 is 5.97 Å². The summed E-state index contributed by atoms with van der Waals surface area (Å²) in [7, 11) is 0. The molecule has 1 aromatic carbocycles. The summed E-state index contributed by atoms with van der Waals surface area (Å²) in [6.45, 7) is -0.165. The zero-order valence-electron chi connectivity index (χ0n) is 19.0. The van der Waals surface area contributed by atoms with Crippen LogP contribution >= 0.6 is 11.8 Å². The van der Waals surface area contributed by atoms with E-state index in [1.165, 1.54) is 17.3 Å². The number of aliphatic hydroxyl groups excluding tert-OH is 4. The number of allylic oxidation sites excluding steroid dienone is 1. The van der Waals surface area contributed by atoms with Gasteiger partial charge in [0.05, 0.1) is 29.8 Å². The first-order valence-corrected chi connectivity index (χ1v) is 12.8. The number of carbonyl (C=O) groups excluding carboxylic acids is 1. The smallest absolute Gasteiger partial charge is 0.344 e. The quantitative estimate of drug-likeness (QED) is 0.271. The van der Waals surface area contributed by atoms with Crippen LogP contribution in [0.4, 0.5) is 0 Å². The molecule has 6 atom stereocenters. The third-order valence-corrected chi connectivity index (χ3v) is 7.84. The number of hydrogen-bond donors (Lipinski definition) is 4. The maximum Gasteiger partial charge on any atom is 0.344 e. The molecule has 0 spiro atoms. The third-order valence-electron chi connectivity index (χ3n) is 6.49. The molecule has 0 radical (unpaired) electrons. The van der Waals surface area contributed by atoms with Gasteiger partial charge in [-0.2, -0.15) is 0 Å². The van der Waals surface area contributed by atoms with E-state index < -0.39 is 18.3 Å². The Morgan fingerprint density at radius 3 is 2.73 bits per heavy atom. The van der Waals surface area contributed by atoms with Crippen LogP contribution < -0.4 is 0 Å². The summed E-state index contributed by atoms with van der Waals surface area (Å²) < 4.78 is 4.97. The van der Waals surface area contributed by atoms with Crippen molar-refractivity contribution in [1.29, 1.82) is 0 Å². The molecule has 1 aliphatic carbocycles. The summed E-state index contributed by atoms with van der Waals surface area (Å²) in [6.07, 6.45) is 8.98. The molecule has 6 nitrogen and oxygen atoms in total. The van der Waals surface area contributed by atoms with E-state index in [1.54, 1.807) is 6.08 Å². The van der Waals surface area contributed by atoms with Gasteiger partial charge in [-0.05, 0) is 43.6 Å². The molecule has 1 unspecified atom stereocenters. The molecule has 0 aromatic heterocycles. The Balaban J connectivity index is 1.42. The van der Waals surface area contributed by atoms with Crippen molar-refractivity contribution in [2.45, 2.75) is 68.5 Å². The predicted molar refractivity (Wildman–Crippen MR) is 129 cm³/mol. The number of ether oxygens (including phenoxy) is 1. The molecule has 2 aliphatic rings. The highest BCUT2D eigenvalue weighted by Crippen LogP contribution is 2.40. The van der Waals surface area contributed by atoms with Crippen LogP contribution in [0, 0.1) is 11.8 Å². The van der Waals surface area contributed by atoms with Gasteiger partial charge in [-0.1, -0.05) is 55.0 Å². The Kier molecular flexibility index (Phi) is 10.5. The number of thioether (sulfide) groups is 1. The second kappa shape index (κ2) is 13.3. The Hall–Kier alpha value is -1.64. The number of benzene rings is 1. The summed E-state index contributed by atoms with van der Waals surface area (Å²) >= 11 is 1.52. The molecule has 0 bridgehead atoms. The van der Waals surface area contributed by atoms with Crippen LogP contribution in [0.25, 0.3) is 0 Å². The lowest BCUT2D eigenvalue weighted by molar-refractivity contribution is -0.139. The molecule has 33 heavy (non-hydrogen) atoms. The molecule has 4 N–H and O–H groups in total. The van der Waals surface area contributed by atoms with Crippen LogP contribution in [0.5, 0.6) is 0 Å². The van der Waals surface area contributed by atoms with Crippen molar-refractivity contribution in [3.63, 3.8) is 0 Å². The van der Waals surface area contributed by atoms with Crippen LogP contribution in [0.2, 0.25) is 0 Å². The van der Waals surface area contributed by atoms with E-state index in [1.807, 2.05) is 42.5 Å². The third kappa shape index (κ3) is 7.97. The Morgan fingerprint density at radius 1 is 1.18 bits per heavy atom. The van der Waals surface area contributed by atoms with Crippen molar-refractivity contribution in [2.75, 3.05) is 13.2 Å². The Morgan fingerprint density at radius 2 is 1.97 bits per heavy atom. The maximum atomic E-state index is 11.9. The van der Waals surface area contributed by atoms with Crippen molar-refractivity contribution in [3.05, 3.63) is 59.0 Å². The van der Waals surface area contributed by atoms with Gasteiger partial charge in [0.2, 0.25) is 0 Å². The van der Waals surface area contributed by atoms with Gasteiger partial charge in [0.1, 0.15) is 6.61 Å². The monoisotopic (exact) mass is 476 g/mol. The minimum Gasteiger partial charge on any atom is -0.459 e. The topological polar surface area (TPSA) is 107 Å². The zero-order valence-corrected chi connectivity index (χ0v) is 19.8. The van der Waals surface area contributed by atoms with Crippen LogP contribution in [0.1, 0.15) is 44.1 Å². The van der Waals surface area contributed by atoms with Gasteiger partial charge in [0, 0.05) is 17.6 Å². The van der Waals surface area contributed by atoms with E-state index in [0.29, 0.717) is 23.0 Å². The summed E-state index contributed by atoms with van der Waals surface area (Å²) in [5.74, 6) is -0.572. The number of hydrogen-bond acceptors (Lipinski definition) is 7. The van der Waals surface area contributed by atoms with E-state index in [-0.39, 0.29) is 31.0 Å². The summed E-state index contributed by atoms with van der Waals surface area (Å²) in [4.78, 5) is 12.5. The van der Waals surface area contributed by atoms with Crippen LogP contribution in [0.15, 0.2) is 53.5 Å². The normalized spacial score (nSPS) is 28.2. The van der Waals surface area contributed by atoms with E-state index in [0.717, 1.165) is 32.1 Å². The van der Waals surface area contributed by atoms with Crippen molar-refractivity contribution in [2.24, 2.45) is 11.8 Å². The Labute approximate surface area is 200 Å². The highest BCUT2D eigenvalue weighted by molar-refractivity contribution is 8.04. The van der Waals surface area contributed by atoms with Crippen LogP contribution in [0.3, 0.4) is 0 Å². The molecule has 1 saturated carbocycles. The summed E-state index contributed by atoms with van der Waals surface area (Å²) in [5.41, 5.74) is 1.18. The van der Waals surface area contributed by atoms with Gasteiger partial charge in [0.15, 0.2) is 0 Å². The standard InChI is InChI=1S/C26H36O6S/c27-15-16-32-26(31)25-14-12-20(33-25)7-4-8-21-22(24(30)17-23(21)29)13-11-19(28)10-9-18-5-2-1-3-6-18/h1-3,5-6,11,13-14,19-24,27-30H,4,7-10,12,15-17H2/b13-11+/t19-,20?,21+,22+,23-,24+/m0/s1.